The van der Waals surface area contributed by atoms with Gasteiger partial charge < -0.3 is 20.0 Å². The molecule has 3 rings (SSSR count). The molecule has 2 fully saturated rings. The van der Waals surface area contributed by atoms with Gasteiger partial charge >= 0.3 is 0 Å². The minimum Gasteiger partial charge on any atom is -0.550 e. The zero-order valence-electron chi connectivity index (χ0n) is 11.3. The largest absolute Gasteiger partial charge is 0.550 e. The van der Waals surface area contributed by atoms with Crippen LogP contribution in [0.1, 0.15) is 18.4 Å². The summed E-state index contributed by atoms with van der Waals surface area (Å²) in [6.45, 7) is 0.355. The van der Waals surface area contributed by atoms with Gasteiger partial charge in [-0.1, -0.05) is 34.1 Å². The van der Waals surface area contributed by atoms with Crippen LogP contribution < -0.4 is 10.4 Å². The molecule has 2 heterocycles. The number of benzene rings is 1. The molecule has 2 bridgehead atoms. The van der Waals surface area contributed by atoms with Crippen LogP contribution in [0, 0.1) is 11.8 Å². The fourth-order valence-corrected chi connectivity index (χ4v) is 3.68. The van der Waals surface area contributed by atoms with Crippen LogP contribution in [0.15, 0.2) is 28.7 Å². The number of hydrogen-bond acceptors (Lipinski definition) is 4. The Hall–Kier alpha value is -1.40. The number of amides is 1. The molecule has 2 saturated heterocycles. The second-order valence-corrected chi connectivity index (χ2v) is 6.32. The third-order valence-electron chi connectivity index (χ3n) is 4.26. The van der Waals surface area contributed by atoms with Gasteiger partial charge in [0.1, 0.15) is 0 Å². The Bertz CT molecular complexity index is 577. The van der Waals surface area contributed by atoms with E-state index in [-0.39, 0.29) is 18.1 Å². The van der Waals surface area contributed by atoms with Gasteiger partial charge in [-0.3, -0.25) is 4.79 Å². The Morgan fingerprint density at radius 2 is 1.90 bits per heavy atom. The van der Waals surface area contributed by atoms with Crippen LogP contribution in [0.5, 0.6) is 0 Å². The lowest BCUT2D eigenvalue weighted by Crippen LogP contribution is -2.48. The van der Waals surface area contributed by atoms with Crippen LogP contribution in [0.3, 0.4) is 0 Å². The molecule has 0 spiro atoms. The SMILES string of the molecule is O=C(NCc1ccccc1Br)[C@@H]1[C@@H](C(=O)[O-])[C@H]2CC[C@@H]1O2. The van der Waals surface area contributed by atoms with Gasteiger partial charge in [-0.25, -0.2) is 0 Å². The molecule has 112 valence electrons. The first-order valence-electron chi connectivity index (χ1n) is 6.95. The van der Waals surface area contributed by atoms with Crippen molar-refractivity contribution in [3.8, 4) is 0 Å². The minimum atomic E-state index is -1.19. The maximum absolute atomic E-state index is 12.3. The molecule has 5 nitrogen and oxygen atoms in total. The molecule has 0 unspecified atom stereocenters. The molecule has 1 aromatic rings. The molecule has 4 atom stereocenters. The van der Waals surface area contributed by atoms with Crippen molar-refractivity contribution in [1.82, 2.24) is 5.32 Å². The number of halogens is 1. The van der Waals surface area contributed by atoms with Crippen LogP contribution in [0.2, 0.25) is 0 Å². The molecule has 1 amide bonds. The molecule has 2 aliphatic heterocycles. The number of ether oxygens (including phenoxy) is 1. The first-order valence-corrected chi connectivity index (χ1v) is 7.74. The molecule has 21 heavy (non-hydrogen) atoms. The van der Waals surface area contributed by atoms with Crippen LogP contribution in [-0.4, -0.2) is 24.1 Å². The van der Waals surface area contributed by atoms with E-state index in [2.05, 4.69) is 21.2 Å². The van der Waals surface area contributed by atoms with Crippen molar-refractivity contribution in [2.75, 3.05) is 0 Å². The molecule has 6 heteroatoms. The number of fused-ring (bicyclic) bond motifs is 2. The first-order chi connectivity index (χ1) is 10.1. The van der Waals surface area contributed by atoms with Gasteiger partial charge in [0.05, 0.1) is 18.1 Å². The Morgan fingerprint density at radius 1 is 1.24 bits per heavy atom. The van der Waals surface area contributed by atoms with Gasteiger partial charge in [-0.15, -0.1) is 0 Å². The summed E-state index contributed by atoms with van der Waals surface area (Å²) in [5.74, 6) is -2.94. The highest BCUT2D eigenvalue weighted by Crippen LogP contribution is 2.43. The van der Waals surface area contributed by atoms with Crippen LogP contribution in [0.4, 0.5) is 0 Å². The zero-order valence-corrected chi connectivity index (χ0v) is 12.8. The van der Waals surface area contributed by atoms with E-state index in [0.29, 0.717) is 13.0 Å². The van der Waals surface area contributed by atoms with Crippen LogP contribution in [0.25, 0.3) is 0 Å². The lowest BCUT2D eigenvalue weighted by atomic mass is 9.78. The maximum atomic E-state index is 12.3. The summed E-state index contributed by atoms with van der Waals surface area (Å²) in [5.41, 5.74) is 0.944. The zero-order chi connectivity index (χ0) is 15.0. The topological polar surface area (TPSA) is 78.5 Å². The predicted molar refractivity (Wildman–Crippen MR) is 75.9 cm³/mol. The highest BCUT2D eigenvalue weighted by molar-refractivity contribution is 9.10. The van der Waals surface area contributed by atoms with E-state index >= 15 is 0 Å². The molecule has 0 aliphatic carbocycles. The second kappa shape index (κ2) is 5.77. The molecule has 1 N–H and O–H groups in total. The van der Waals surface area contributed by atoms with E-state index in [0.717, 1.165) is 16.5 Å². The smallest absolute Gasteiger partial charge is 0.226 e. The number of carboxylic acids is 1. The standard InChI is InChI=1S/C15H16BrNO4/c16-9-4-2-1-3-8(9)7-17-14(18)12-10-5-6-11(21-10)13(12)15(19)20/h1-4,10-13H,5-7H2,(H,17,18)(H,19,20)/p-1/t10-,11+,12-,13-/m0/s1. The van der Waals surface area contributed by atoms with Crippen LogP contribution >= 0.6 is 15.9 Å². The van der Waals surface area contributed by atoms with Crippen LogP contribution in [-0.2, 0) is 20.9 Å². The first kappa shape index (κ1) is 14.5. The summed E-state index contributed by atoms with van der Waals surface area (Å²) in [5, 5.41) is 14.1. The average molecular weight is 353 g/mol. The van der Waals surface area contributed by atoms with E-state index in [1.807, 2.05) is 24.3 Å². The highest BCUT2D eigenvalue weighted by atomic mass is 79.9. The summed E-state index contributed by atoms with van der Waals surface area (Å²) < 4.78 is 6.47. The van der Waals surface area contributed by atoms with Gasteiger partial charge in [-0.2, -0.15) is 0 Å². The normalized spacial score (nSPS) is 30.3. The molecule has 0 aromatic heterocycles. The lowest BCUT2D eigenvalue weighted by Gasteiger charge is -2.27. The van der Waals surface area contributed by atoms with E-state index in [1.54, 1.807) is 0 Å². The predicted octanol–water partition coefficient (Wildman–Crippen LogP) is 0.609. The number of carboxylic acid groups (broad SMARTS) is 1. The molecule has 0 saturated carbocycles. The molecule has 1 aromatic carbocycles. The van der Waals surface area contributed by atoms with Gasteiger partial charge in [0, 0.05) is 22.9 Å². The molecular formula is C15H15BrNO4-. The Labute approximate surface area is 130 Å². The second-order valence-electron chi connectivity index (χ2n) is 5.47. The fourth-order valence-electron chi connectivity index (χ4n) is 3.25. The third-order valence-corrected chi connectivity index (χ3v) is 5.03. The van der Waals surface area contributed by atoms with Gasteiger partial charge in [0.25, 0.3) is 0 Å². The number of carbonyl (C=O) groups excluding carboxylic acids is 2. The summed E-state index contributed by atoms with van der Waals surface area (Å²) in [6.07, 6.45) is 0.759. The van der Waals surface area contributed by atoms with Gasteiger partial charge in [-0.05, 0) is 24.5 Å². The lowest BCUT2D eigenvalue weighted by molar-refractivity contribution is -0.314. The van der Waals surface area contributed by atoms with Gasteiger partial charge in [0.2, 0.25) is 5.91 Å². The molecule has 0 radical (unpaired) electrons. The Balaban J connectivity index is 1.68. The van der Waals surface area contributed by atoms with E-state index in [9.17, 15) is 14.7 Å². The summed E-state index contributed by atoms with van der Waals surface area (Å²) >= 11 is 3.42. The summed E-state index contributed by atoms with van der Waals surface area (Å²) in [6, 6.07) is 7.58. The quantitative estimate of drug-likeness (QED) is 0.860. The van der Waals surface area contributed by atoms with Crippen molar-refractivity contribution in [3.63, 3.8) is 0 Å². The number of aliphatic carboxylic acids is 1. The number of rotatable bonds is 4. The summed E-state index contributed by atoms with van der Waals surface area (Å²) in [4.78, 5) is 23.6. The van der Waals surface area contributed by atoms with Crippen molar-refractivity contribution in [1.29, 1.82) is 0 Å². The van der Waals surface area contributed by atoms with E-state index < -0.39 is 17.8 Å². The third kappa shape index (κ3) is 2.70. The average Bonchev–Trinajstić information content (AvgIpc) is 3.06. The maximum Gasteiger partial charge on any atom is 0.226 e. The Kier molecular flexibility index (Phi) is 3.99. The van der Waals surface area contributed by atoms with E-state index in [4.69, 9.17) is 4.74 Å². The fraction of sp³-hybridized carbons (Fsp3) is 0.467. The Morgan fingerprint density at radius 3 is 2.57 bits per heavy atom. The number of hydrogen-bond donors (Lipinski definition) is 1. The van der Waals surface area contributed by atoms with Crippen molar-refractivity contribution in [2.24, 2.45) is 11.8 Å². The van der Waals surface area contributed by atoms with Crippen molar-refractivity contribution < 1.29 is 19.4 Å². The number of nitrogens with one attached hydrogen (secondary N) is 1. The van der Waals surface area contributed by atoms with Crippen molar-refractivity contribution in [3.05, 3.63) is 34.3 Å². The molecule has 2 aliphatic rings. The summed E-state index contributed by atoms with van der Waals surface area (Å²) in [7, 11) is 0. The van der Waals surface area contributed by atoms with Crippen molar-refractivity contribution >= 4 is 27.8 Å². The minimum absolute atomic E-state index is 0.271. The highest BCUT2D eigenvalue weighted by Gasteiger charge is 2.52. The number of carbonyl (C=O) groups is 2. The molecular weight excluding hydrogens is 338 g/mol. The van der Waals surface area contributed by atoms with Crippen molar-refractivity contribution in [2.45, 2.75) is 31.6 Å². The van der Waals surface area contributed by atoms with E-state index in [1.165, 1.54) is 0 Å². The van der Waals surface area contributed by atoms with Gasteiger partial charge in [0.15, 0.2) is 0 Å². The monoisotopic (exact) mass is 352 g/mol.